The van der Waals surface area contributed by atoms with Gasteiger partial charge in [-0.05, 0) is 18.1 Å². The second-order valence-corrected chi connectivity index (χ2v) is 6.64. The molecule has 0 heterocycles. The van der Waals surface area contributed by atoms with E-state index in [0.717, 1.165) is 11.1 Å². The molecule has 0 aliphatic carbocycles. The summed E-state index contributed by atoms with van der Waals surface area (Å²) in [7, 11) is 0. The molecule has 140 valence electrons. The number of carbonyl (C=O) groups excluding carboxylic acids is 1. The Bertz CT molecular complexity index is 867. The van der Waals surface area contributed by atoms with E-state index in [-0.39, 0.29) is 11.3 Å². The summed E-state index contributed by atoms with van der Waals surface area (Å²) in [6, 6.07) is 15.4. The number of carboxylic acids is 2. The van der Waals surface area contributed by atoms with Gasteiger partial charge in [0, 0.05) is 12.3 Å². The van der Waals surface area contributed by atoms with Crippen LogP contribution in [0.15, 0.2) is 66.7 Å². The molecule has 0 saturated heterocycles. The molecule has 2 N–H and O–H groups in total. The monoisotopic (exact) mass is 366 g/mol. The van der Waals surface area contributed by atoms with Gasteiger partial charge < -0.3 is 10.2 Å². The lowest BCUT2D eigenvalue weighted by atomic mass is 9.69. The van der Waals surface area contributed by atoms with Crippen molar-refractivity contribution in [2.75, 3.05) is 0 Å². The third kappa shape index (κ3) is 3.97. The van der Waals surface area contributed by atoms with Crippen LogP contribution in [0.4, 0.5) is 0 Å². The summed E-state index contributed by atoms with van der Waals surface area (Å²) in [5.74, 6) is -3.80. The minimum atomic E-state index is -2.03. The molecule has 27 heavy (non-hydrogen) atoms. The van der Waals surface area contributed by atoms with Crippen molar-refractivity contribution in [1.29, 1.82) is 0 Å². The molecular formula is C22H22O5. The molecular weight excluding hydrogens is 344 g/mol. The van der Waals surface area contributed by atoms with Gasteiger partial charge in [0.1, 0.15) is 11.2 Å². The van der Waals surface area contributed by atoms with Crippen molar-refractivity contribution >= 4 is 17.7 Å². The van der Waals surface area contributed by atoms with E-state index < -0.39 is 35.3 Å². The first-order chi connectivity index (χ1) is 12.7. The maximum Gasteiger partial charge on any atom is 0.332 e. The van der Waals surface area contributed by atoms with Crippen molar-refractivity contribution < 1.29 is 24.6 Å². The fraction of sp³-hybridized carbons (Fsp3) is 0.227. The van der Waals surface area contributed by atoms with Crippen LogP contribution in [0.25, 0.3) is 0 Å². The molecule has 0 saturated carbocycles. The van der Waals surface area contributed by atoms with Gasteiger partial charge in [0.25, 0.3) is 0 Å². The number of Topliss-reactive ketones (excluding diaryl/α,β-unsaturated/α-hetero) is 1. The summed E-state index contributed by atoms with van der Waals surface area (Å²) in [5, 5.41) is 19.5. The molecule has 5 heteroatoms. The molecule has 0 spiro atoms. The van der Waals surface area contributed by atoms with Crippen LogP contribution >= 0.6 is 0 Å². The van der Waals surface area contributed by atoms with Crippen LogP contribution in [0.5, 0.6) is 0 Å². The van der Waals surface area contributed by atoms with E-state index in [0.29, 0.717) is 0 Å². The Balaban J connectivity index is 2.53. The number of rotatable bonds is 8. The molecule has 0 amide bonds. The molecule has 0 aliphatic heterocycles. The summed E-state index contributed by atoms with van der Waals surface area (Å²) >= 11 is 0. The zero-order valence-corrected chi connectivity index (χ0v) is 15.3. The standard InChI is InChI=1S/C22H22O5/c1-14-9-11-18(12-10-14)22(21(26)27,16(3)20(24)25)13-19(23)15(2)17-7-5-4-6-8-17/h4-12,15H,3,13H2,1-2H3,(H,24,25)(H,26,27). The van der Waals surface area contributed by atoms with E-state index >= 15 is 0 Å². The second kappa shape index (κ2) is 7.99. The van der Waals surface area contributed by atoms with Crippen LogP contribution in [-0.4, -0.2) is 27.9 Å². The third-order valence-electron chi connectivity index (χ3n) is 4.90. The molecule has 0 aliphatic rings. The summed E-state index contributed by atoms with van der Waals surface area (Å²) < 4.78 is 0. The summed E-state index contributed by atoms with van der Waals surface area (Å²) in [4.78, 5) is 36.8. The number of hydrogen-bond donors (Lipinski definition) is 2. The largest absolute Gasteiger partial charge is 0.480 e. The smallest absolute Gasteiger partial charge is 0.332 e. The molecule has 2 aromatic carbocycles. The zero-order chi connectivity index (χ0) is 20.2. The number of ketones is 1. The van der Waals surface area contributed by atoms with Gasteiger partial charge in [-0.15, -0.1) is 0 Å². The first-order valence-corrected chi connectivity index (χ1v) is 8.51. The van der Waals surface area contributed by atoms with Gasteiger partial charge in [0.05, 0.1) is 5.57 Å². The van der Waals surface area contributed by atoms with E-state index in [9.17, 15) is 24.6 Å². The molecule has 0 bridgehead atoms. The highest BCUT2D eigenvalue weighted by atomic mass is 16.4. The lowest BCUT2D eigenvalue weighted by Gasteiger charge is -2.30. The SMILES string of the molecule is C=C(C(=O)O)C(CC(=O)C(C)c1ccccc1)(C(=O)O)c1ccc(C)cc1. The molecule has 0 radical (unpaired) electrons. The predicted octanol–water partition coefficient (Wildman–Crippen LogP) is 3.72. The molecule has 0 aromatic heterocycles. The van der Waals surface area contributed by atoms with E-state index in [4.69, 9.17) is 0 Å². The van der Waals surface area contributed by atoms with Crippen LogP contribution in [0.2, 0.25) is 0 Å². The summed E-state index contributed by atoms with van der Waals surface area (Å²) in [6.07, 6.45) is -0.493. The average molecular weight is 366 g/mol. The Labute approximate surface area is 158 Å². The maximum absolute atomic E-state index is 12.9. The molecule has 2 rings (SSSR count). The van der Waals surface area contributed by atoms with Gasteiger partial charge in [-0.2, -0.15) is 0 Å². The Kier molecular flexibility index (Phi) is 5.95. The minimum absolute atomic E-state index is 0.224. The molecule has 2 atom stereocenters. The van der Waals surface area contributed by atoms with E-state index in [1.165, 1.54) is 12.1 Å². The number of benzene rings is 2. The van der Waals surface area contributed by atoms with E-state index in [1.807, 2.05) is 13.0 Å². The van der Waals surface area contributed by atoms with Crippen LogP contribution in [-0.2, 0) is 19.8 Å². The van der Waals surface area contributed by atoms with Crippen LogP contribution in [0.1, 0.15) is 36.0 Å². The lowest BCUT2D eigenvalue weighted by molar-refractivity contribution is -0.147. The second-order valence-electron chi connectivity index (χ2n) is 6.64. The number of hydrogen-bond acceptors (Lipinski definition) is 3. The predicted molar refractivity (Wildman–Crippen MR) is 102 cm³/mol. The highest BCUT2D eigenvalue weighted by molar-refractivity contribution is 6.04. The van der Waals surface area contributed by atoms with Crippen molar-refractivity contribution in [2.24, 2.45) is 0 Å². The van der Waals surface area contributed by atoms with Crippen LogP contribution in [0.3, 0.4) is 0 Å². The minimum Gasteiger partial charge on any atom is -0.480 e. The topological polar surface area (TPSA) is 91.7 Å². The van der Waals surface area contributed by atoms with Gasteiger partial charge in [-0.25, -0.2) is 4.79 Å². The quantitative estimate of drug-likeness (QED) is 0.695. The Morgan fingerprint density at radius 1 is 1.00 bits per heavy atom. The first kappa shape index (κ1) is 20.1. The van der Waals surface area contributed by atoms with Gasteiger partial charge in [0.2, 0.25) is 0 Å². The summed E-state index contributed by atoms with van der Waals surface area (Å²) in [6.45, 7) is 7.02. The highest BCUT2D eigenvalue weighted by Gasteiger charge is 2.48. The molecule has 5 nitrogen and oxygen atoms in total. The van der Waals surface area contributed by atoms with Gasteiger partial charge >= 0.3 is 11.9 Å². The Morgan fingerprint density at radius 2 is 1.56 bits per heavy atom. The Morgan fingerprint density at radius 3 is 2.04 bits per heavy atom. The van der Waals surface area contributed by atoms with Crippen molar-refractivity contribution in [3.8, 4) is 0 Å². The van der Waals surface area contributed by atoms with Gasteiger partial charge in [-0.1, -0.05) is 73.7 Å². The fourth-order valence-corrected chi connectivity index (χ4v) is 3.07. The molecule has 2 aromatic rings. The summed E-state index contributed by atoms with van der Waals surface area (Å²) in [5.41, 5.74) is -0.705. The van der Waals surface area contributed by atoms with Crippen molar-refractivity contribution in [2.45, 2.75) is 31.6 Å². The average Bonchev–Trinajstić information content (AvgIpc) is 2.65. The highest BCUT2D eigenvalue weighted by Crippen LogP contribution is 2.38. The van der Waals surface area contributed by atoms with Crippen LogP contribution < -0.4 is 0 Å². The first-order valence-electron chi connectivity index (χ1n) is 8.51. The molecule has 2 unspecified atom stereocenters. The lowest BCUT2D eigenvalue weighted by Crippen LogP contribution is -2.43. The van der Waals surface area contributed by atoms with E-state index in [2.05, 4.69) is 6.58 Å². The van der Waals surface area contributed by atoms with E-state index in [1.54, 1.807) is 43.3 Å². The number of aliphatic carboxylic acids is 2. The normalized spacial score (nSPS) is 14.0. The zero-order valence-electron chi connectivity index (χ0n) is 15.3. The number of aryl methyl sites for hydroxylation is 1. The maximum atomic E-state index is 12.9. The van der Waals surface area contributed by atoms with Crippen molar-refractivity contribution in [3.05, 3.63) is 83.4 Å². The number of carbonyl (C=O) groups is 3. The van der Waals surface area contributed by atoms with Crippen molar-refractivity contribution in [1.82, 2.24) is 0 Å². The Hall–Kier alpha value is -3.21. The fourth-order valence-electron chi connectivity index (χ4n) is 3.07. The van der Waals surface area contributed by atoms with Gasteiger partial charge in [0.15, 0.2) is 0 Å². The van der Waals surface area contributed by atoms with Crippen LogP contribution in [0, 0.1) is 6.92 Å². The van der Waals surface area contributed by atoms with Crippen molar-refractivity contribution in [3.63, 3.8) is 0 Å². The van der Waals surface area contributed by atoms with Gasteiger partial charge in [-0.3, -0.25) is 9.59 Å². The number of carboxylic acid groups (broad SMARTS) is 2. The third-order valence-corrected chi connectivity index (χ3v) is 4.90. The molecule has 0 fully saturated rings.